The SMILES string of the molecule is Cc1cc(C)n(C[C@H]2CCCCN2C(=O)[C@@H]2CC(=O)N(C)C2)n1. The topological polar surface area (TPSA) is 58.4 Å². The zero-order valence-corrected chi connectivity index (χ0v) is 14.3. The van der Waals surface area contributed by atoms with Crippen LogP contribution in [-0.2, 0) is 16.1 Å². The van der Waals surface area contributed by atoms with Gasteiger partial charge in [0.2, 0.25) is 11.8 Å². The second-order valence-corrected chi connectivity index (χ2v) is 6.97. The molecule has 126 valence electrons. The lowest BCUT2D eigenvalue weighted by Gasteiger charge is -2.37. The summed E-state index contributed by atoms with van der Waals surface area (Å²) in [4.78, 5) is 28.3. The maximum atomic E-state index is 12.9. The van der Waals surface area contributed by atoms with E-state index in [1.165, 1.54) is 0 Å². The average Bonchev–Trinajstić information content (AvgIpc) is 3.01. The highest BCUT2D eigenvalue weighted by molar-refractivity contribution is 5.89. The number of aromatic nitrogens is 2. The molecule has 1 aromatic rings. The normalized spacial score (nSPS) is 25.3. The van der Waals surface area contributed by atoms with Crippen LogP contribution in [0.4, 0.5) is 0 Å². The van der Waals surface area contributed by atoms with E-state index < -0.39 is 0 Å². The molecule has 3 heterocycles. The Morgan fingerprint density at radius 2 is 2.13 bits per heavy atom. The number of carbonyl (C=O) groups is 2. The van der Waals surface area contributed by atoms with Gasteiger partial charge in [-0.3, -0.25) is 14.3 Å². The number of hydrogen-bond donors (Lipinski definition) is 0. The van der Waals surface area contributed by atoms with E-state index in [0.29, 0.717) is 13.0 Å². The largest absolute Gasteiger partial charge is 0.345 e. The summed E-state index contributed by atoms with van der Waals surface area (Å²) in [7, 11) is 1.78. The molecule has 0 saturated carbocycles. The van der Waals surface area contributed by atoms with Crippen LogP contribution >= 0.6 is 0 Å². The average molecular weight is 318 g/mol. The van der Waals surface area contributed by atoms with Gasteiger partial charge in [0.15, 0.2) is 0 Å². The van der Waals surface area contributed by atoms with Gasteiger partial charge in [0, 0.05) is 32.3 Å². The molecule has 2 amide bonds. The van der Waals surface area contributed by atoms with Gasteiger partial charge in [-0.25, -0.2) is 0 Å². The zero-order chi connectivity index (χ0) is 16.6. The van der Waals surface area contributed by atoms with Gasteiger partial charge in [0.05, 0.1) is 24.2 Å². The van der Waals surface area contributed by atoms with Crippen LogP contribution in [0.3, 0.4) is 0 Å². The van der Waals surface area contributed by atoms with Gasteiger partial charge in [-0.1, -0.05) is 0 Å². The van der Waals surface area contributed by atoms with Crippen molar-refractivity contribution < 1.29 is 9.59 Å². The van der Waals surface area contributed by atoms with Crippen LogP contribution < -0.4 is 0 Å². The molecular formula is C17H26N4O2. The lowest BCUT2D eigenvalue weighted by molar-refractivity contribution is -0.139. The second kappa shape index (κ2) is 6.34. The van der Waals surface area contributed by atoms with Gasteiger partial charge in [-0.05, 0) is 39.2 Å². The Morgan fingerprint density at radius 1 is 1.35 bits per heavy atom. The van der Waals surface area contributed by atoms with Gasteiger partial charge in [0.25, 0.3) is 0 Å². The summed E-state index contributed by atoms with van der Waals surface area (Å²) in [5.41, 5.74) is 2.15. The van der Waals surface area contributed by atoms with E-state index in [9.17, 15) is 9.59 Å². The predicted octanol–water partition coefficient (Wildman–Crippen LogP) is 1.36. The Kier molecular flexibility index (Phi) is 4.41. The van der Waals surface area contributed by atoms with E-state index in [4.69, 9.17) is 0 Å². The fourth-order valence-corrected chi connectivity index (χ4v) is 3.80. The van der Waals surface area contributed by atoms with Crippen LogP contribution in [0.15, 0.2) is 6.07 Å². The van der Waals surface area contributed by atoms with Crippen molar-refractivity contribution in [3.63, 3.8) is 0 Å². The Hall–Kier alpha value is -1.85. The summed E-state index contributed by atoms with van der Waals surface area (Å²) >= 11 is 0. The Morgan fingerprint density at radius 3 is 2.74 bits per heavy atom. The molecule has 2 saturated heterocycles. The highest BCUT2D eigenvalue weighted by Gasteiger charge is 2.37. The summed E-state index contributed by atoms with van der Waals surface area (Å²) in [6.45, 7) is 6.16. The van der Waals surface area contributed by atoms with E-state index in [-0.39, 0.29) is 23.8 Å². The zero-order valence-electron chi connectivity index (χ0n) is 14.3. The number of hydrogen-bond acceptors (Lipinski definition) is 3. The first kappa shape index (κ1) is 16.0. The Labute approximate surface area is 137 Å². The first-order valence-corrected chi connectivity index (χ1v) is 8.51. The van der Waals surface area contributed by atoms with Crippen LogP contribution in [-0.4, -0.2) is 57.6 Å². The number of carbonyl (C=O) groups excluding carboxylic acids is 2. The molecule has 6 heteroatoms. The Balaban J connectivity index is 1.72. The third kappa shape index (κ3) is 3.26. The summed E-state index contributed by atoms with van der Waals surface area (Å²) in [6.07, 6.45) is 3.58. The van der Waals surface area contributed by atoms with E-state index in [0.717, 1.165) is 43.7 Å². The van der Waals surface area contributed by atoms with E-state index in [2.05, 4.69) is 18.1 Å². The molecular weight excluding hydrogens is 292 g/mol. The molecule has 0 unspecified atom stereocenters. The molecule has 0 spiro atoms. The van der Waals surface area contributed by atoms with Crippen molar-refractivity contribution in [2.75, 3.05) is 20.1 Å². The quantitative estimate of drug-likeness (QED) is 0.845. The predicted molar refractivity (Wildman–Crippen MR) is 86.8 cm³/mol. The molecule has 1 aromatic heterocycles. The van der Waals surface area contributed by atoms with Crippen molar-refractivity contribution in [1.29, 1.82) is 0 Å². The van der Waals surface area contributed by atoms with Gasteiger partial charge < -0.3 is 9.80 Å². The van der Waals surface area contributed by atoms with E-state index >= 15 is 0 Å². The molecule has 0 bridgehead atoms. The van der Waals surface area contributed by atoms with E-state index in [1.54, 1.807) is 11.9 Å². The lowest BCUT2D eigenvalue weighted by Crippen LogP contribution is -2.48. The number of rotatable bonds is 3. The van der Waals surface area contributed by atoms with Gasteiger partial charge in [-0.2, -0.15) is 5.10 Å². The second-order valence-electron chi connectivity index (χ2n) is 6.97. The minimum Gasteiger partial charge on any atom is -0.345 e. The van der Waals surface area contributed by atoms with Crippen molar-refractivity contribution in [2.45, 2.75) is 52.1 Å². The standard InChI is InChI=1S/C17H26N4O2/c1-12-8-13(2)21(18-12)11-15-6-4-5-7-20(15)17(23)14-9-16(22)19(3)10-14/h8,14-15H,4-7,9-11H2,1-3H3/t14-,15-/m1/s1. The molecule has 2 fully saturated rings. The minimum absolute atomic E-state index is 0.0791. The molecule has 0 aliphatic carbocycles. The highest BCUT2D eigenvalue weighted by Crippen LogP contribution is 2.25. The molecule has 3 rings (SSSR count). The molecule has 0 aromatic carbocycles. The molecule has 0 N–H and O–H groups in total. The van der Waals surface area contributed by atoms with Crippen molar-refractivity contribution in [3.05, 3.63) is 17.5 Å². The number of piperidine rings is 1. The monoisotopic (exact) mass is 318 g/mol. The Bertz CT molecular complexity index is 610. The van der Waals surface area contributed by atoms with Crippen LogP contribution in [0.25, 0.3) is 0 Å². The van der Waals surface area contributed by atoms with Crippen LogP contribution in [0.2, 0.25) is 0 Å². The molecule has 2 atom stereocenters. The molecule has 0 radical (unpaired) electrons. The number of aryl methyl sites for hydroxylation is 2. The van der Waals surface area contributed by atoms with Crippen molar-refractivity contribution in [1.82, 2.24) is 19.6 Å². The van der Waals surface area contributed by atoms with Crippen LogP contribution in [0, 0.1) is 19.8 Å². The summed E-state index contributed by atoms with van der Waals surface area (Å²) < 4.78 is 2.01. The minimum atomic E-state index is -0.173. The van der Waals surface area contributed by atoms with Gasteiger partial charge in [0.1, 0.15) is 0 Å². The first-order chi connectivity index (χ1) is 11.0. The van der Waals surface area contributed by atoms with Crippen LogP contribution in [0.5, 0.6) is 0 Å². The first-order valence-electron chi connectivity index (χ1n) is 8.51. The molecule has 2 aliphatic heterocycles. The summed E-state index contributed by atoms with van der Waals surface area (Å²) in [5, 5.41) is 4.54. The smallest absolute Gasteiger partial charge is 0.228 e. The molecule has 2 aliphatic rings. The summed E-state index contributed by atoms with van der Waals surface area (Å²) in [6, 6.07) is 2.26. The van der Waals surface area contributed by atoms with Gasteiger partial charge >= 0.3 is 0 Å². The van der Waals surface area contributed by atoms with Crippen molar-refractivity contribution >= 4 is 11.8 Å². The maximum Gasteiger partial charge on any atom is 0.228 e. The maximum absolute atomic E-state index is 12.9. The third-order valence-corrected chi connectivity index (χ3v) is 5.09. The van der Waals surface area contributed by atoms with Crippen LogP contribution in [0.1, 0.15) is 37.1 Å². The fraction of sp³-hybridized carbons (Fsp3) is 0.706. The molecule has 23 heavy (non-hydrogen) atoms. The van der Waals surface area contributed by atoms with Crippen molar-refractivity contribution in [3.8, 4) is 0 Å². The third-order valence-electron chi connectivity index (χ3n) is 5.09. The summed E-state index contributed by atoms with van der Waals surface area (Å²) in [5.74, 6) is 0.0536. The van der Waals surface area contributed by atoms with Crippen molar-refractivity contribution in [2.24, 2.45) is 5.92 Å². The lowest BCUT2D eigenvalue weighted by atomic mass is 9.98. The number of nitrogens with zero attached hydrogens (tertiary/aromatic N) is 4. The van der Waals surface area contributed by atoms with E-state index in [1.807, 2.05) is 16.5 Å². The molecule has 6 nitrogen and oxygen atoms in total. The van der Waals surface area contributed by atoms with Gasteiger partial charge in [-0.15, -0.1) is 0 Å². The highest BCUT2D eigenvalue weighted by atomic mass is 16.2. The number of likely N-dealkylation sites (tertiary alicyclic amines) is 2. The number of amides is 2. The fourth-order valence-electron chi connectivity index (χ4n) is 3.80.